The maximum absolute atomic E-state index is 12.0. The highest BCUT2D eigenvalue weighted by Crippen LogP contribution is 2.29. The van der Waals surface area contributed by atoms with E-state index in [1.54, 1.807) is 0 Å². The van der Waals surface area contributed by atoms with Crippen LogP contribution in [0.3, 0.4) is 0 Å². The molecular formula is C26H33N5O3. The Bertz CT molecular complexity index is 1060. The number of benzene rings is 1. The Morgan fingerprint density at radius 1 is 1.03 bits per heavy atom. The molecule has 0 amide bonds. The Kier molecular flexibility index (Phi) is 7.57. The summed E-state index contributed by atoms with van der Waals surface area (Å²) in [5.74, 6) is 2.62. The summed E-state index contributed by atoms with van der Waals surface area (Å²) in [4.78, 5) is 18.8. The van der Waals surface area contributed by atoms with Gasteiger partial charge in [0.2, 0.25) is 0 Å². The van der Waals surface area contributed by atoms with E-state index in [-0.39, 0.29) is 19.2 Å². The lowest BCUT2D eigenvalue weighted by atomic mass is 9.95. The van der Waals surface area contributed by atoms with Gasteiger partial charge in [-0.15, -0.1) is 10.2 Å². The fourth-order valence-corrected chi connectivity index (χ4v) is 4.20. The minimum Gasteiger partial charge on any atom is -0.458 e. The first-order valence-electron chi connectivity index (χ1n) is 11.8. The van der Waals surface area contributed by atoms with Crippen molar-refractivity contribution < 1.29 is 14.3 Å². The number of carbonyl (C=O) groups is 1. The molecule has 180 valence electrons. The minimum atomic E-state index is -0.537. The zero-order valence-electron chi connectivity index (χ0n) is 20.2. The van der Waals surface area contributed by atoms with Crippen molar-refractivity contribution in [2.45, 2.75) is 58.3 Å². The molecular weight excluding hydrogens is 430 g/mol. The number of ether oxygens (including phenoxy) is 2. The Hall–Kier alpha value is -3.26. The molecule has 4 rings (SSSR count). The van der Waals surface area contributed by atoms with E-state index in [0.29, 0.717) is 12.5 Å². The lowest BCUT2D eigenvalue weighted by Crippen LogP contribution is -2.34. The van der Waals surface area contributed by atoms with Gasteiger partial charge in [-0.2, -0.15) is 0 Å². The monoisotopic (exact) mass is 463 g/mol. The van der Waals surface area contributed by atoms with Crippen molar-refractivity contribution in [2.75, 3.05) is 24.6 Å². The number of hydrogen-bond acceptors (Lipinski definition) is 7. The third kappa shape index (κ3) is 6.41. The predicted octanol–water partition coefficient (Wildman–Crippen LogP) is 3.96. The number of rotatable bonds is 8. The molecule has 34 heavy (non-hydrogen) atoms. The first kappa shape index (κ1) is 23.9. The molecule has 0 radical (unpaired) electrons. The van der Waals surface area contributed by atoms with Crippen LogP contribution in [-0.4, -0.2) is 51.0 Å². The first-order valence-corrected chi connectivity index (χ1v) is 11.8. The summed E-state index contributed by atoms with van der Waals surface area (Å²) >= 11 is 0. The van der Waals surface area contributed by atoms with Gasteiger partial charge < -0.3 is 18.9 Å². The van der Waals surface area contributed by atoms with Crippen LogP contribution in [0, 0.1) is 0 Å². The summed E-state index contributed by atoms with van der Waals surface area (Å²) in [5.41, 5.74) is 0.633. The molecule has 0 unspecified atom stereocenters. The number of hydrogen-bond donors (Lipinski definition) is 0. The molecule has 0 saturated carbocycles. The molecule has 1 fully saturated rings. The average Bonchev–Trinajstić information content (AvgIpc) is 3.21. The van der Waals surface area contributed by atoms with Crippen LogP contribution in [-0.2, 0) is 27.4 Å². The average molecular weight is 464 g/mol. The summed E-state index contributed by atoms with van der Waals surface area (Å²) in [6.45, 7) is 8.11. The van der Waals surface area contributed by atoms with Gasteiger partial charge in [0.1, 0.15) is 30.5 Å². The number of aromatic nitrogens is 4. The molecule has 1 aromatic carbocycles. The minimum absolute atomic E-state index is 0.118. The van der Waals surface area contributed by atoms with Crippen molar-refractivity contribution in [3.05, 3.63) is 71.9 Å². The number of pyridine rings is 1. The normalized spacial score (nSPS) is 14.9. The summed E-state index contributed by atoms with van der Waals surface area (Å²) in [6.07, 6.45) is 3.78. The van der Waals surface area contributed by atoms with Gasteiger partial charge in [0.15, 0.2) is 5.82 Å². The van der Waals surface area contributed by atoms with Crippen molar-refractivity contribution in [2.24, 2.45) is 0 Å². The second-order valence-corrected chi connectivity index (χ2v) is 9.57. The smallest absolute Gasteiger partial charge is 0.332 e. The molecule has 2 aromatic heterocycles. The van der Waals surface area contributed by atoms with Crippen molar-refractivity contribution >= 4 is 11.8 Å². The lowest BCUT2D eigenvalue weighted by molar-refractivity contribution is -0.160. The highest BCUT2D eigenvalue weighted by Gasteiger charge is 2.27. The number of esters is 1. The number of nitrogens with zero attached hydrogens (tertiary/aromatic N) is 5. The summed E-state index contributed by atoms with van der Waals surface area (Å²) < 4.78 is 13.1. The van der Waals surface area contributed by atoms with E-state index in [1.807, 2.05) is 57.3 Å². The molecule has 1 aliphatic rings. The van der Waals surface area contributed by atoms with E-state index in [4.69, 9.17) is 9.47 Å². The predicted molar refractivity (Wildman–Crippen MR) is 129 cm³/mol. The van der Waals surface area contributed by atoms with E-state index in [9.17, 15) is 4.79 Å². The van der Waals surface area contributed by atoms with Gasteiger partial charge in [-0.3, -0.25) is 0 Å². The number of carbonyl (C=O) groups excluding carboxylic acids is 1. The van der Waals surface area contributed by atoms with Gasteiger partial charge in [-0.1, -0.05) is 36.4 Å². The van der Waals surface area contributed by atoms with Gasteiger partial charge >= 0.3 is 5.97 Å². The second-order valence-electron chi connectivity index (χ2n) is 9.57. The zero-order chi connectivity index (χ0) is 24.0. The highest BCUT2D eigenvalue weighted by molar-refractivity contribution is 5.71. The Morgan fingerprint density at radius 2 is 1.76 bits per heavy atom. The van der Waals surface area contributed by atoms with E-state index in [1.165, 1.54) is 5.56 Å². The molecule has 3 aromatic rings. The molecule has 0 N–H and O–H groups in total. The Morgan fingerprint density at radius 3 is 2.44 bits per heavy atom. The second kappa shape index (κ2) is 10.8. The van der Waals surface area contributed by atoms with Gasteiger partial charge in [0.05, 0.1) is 6.54 Å². The SMILES string of the molecule is CC(C)(C)OC(=O)COCc1nnc(C2CCN(c3ccccn3)CC2)n1Cc1ccccc1. The third-order valence-electron chi connectivity index (χ3n) is 5.74. The standard InChI is InChI=1S/C26H33N5O3/c1-26(2,3)34-24(32)19-33-18-23-28-29-25(31(23)17-20-9-5-4-6-10-20)21-12-15-30(16-13-21)22-11-7-8-14-27-22/h4-11,14,21H,12-13,15-19H2,1-3H3. The fraction of sp³-hybridized carbons (Fsp3) is 0.462. The van der Waals surface area contributed by atoms with Crippen LogP contribution in [0.4, 0.5) is 5.82 Å². The van der Waals surface area contributed by atoms with Crippen molar-refractivity contribution in [1.29, 1.82) is 0 Å². The quantitative estimate of drug-likeness (QED) is 0.468. The molecule has 0 atom stereocenters. The van der Waals surface area contributed by atoms with Crippen LogP contribution in [0.15, 0.2) is 54.7 Å². The van der Waals surface area contributed by atoms with Crippen LogP contribution >= 0.6 is 0 Å². The fourth-order valence-electron chi connectivity index (χ4n) is 4.20. The van der Waals surface area contributed by atoms with Crippen molar-refractivity contribution in [3.63, 3.8) is 0 Å². The number of piperidine rings is 1. The van der Waals surface area contributed by atoms with E-state index < -0.39 is 5.60 Å². The third-order valence-corrected chi connectivity index (χ3v) is 5.74. The molecule has 8 nitrogen and oxygen atoms in total. The van der Waals surface area contributed by atoms with Crippen LogP contribution in [0.1, 0.15) is 56.7 Å². The van der Waals surface area contributed by atoms with E-state index >= 15 is 0 Å². The summed E-state index contributed by atoms with van der Waals surface area (Å²) in [7, 11) is 0. The van der Waals surface area contributed by atoms with Gasteiger partial charge in [-0.05, 0) is 51.3 Å². The molecule has 1 aliphatic heterocycles. The summed E-state index contributed by atoms with van der Waals surface area (Å²) in [5, 5.41) is 9.02. The Balaban J connectivity index is 1.45. The maximum Gasteiger partial charge on any atom is 0.332 e. The molecule has 3 heterocycles. The first-order chi connectivity index (χ1) is 16.4. The van der Waals surface area contributed by atoms with Crippen LogP contribution in [0.2, 0.25) is 0 Å². The highest BCUT2D eigenvalue weighted by atomic mass is 16.6. The van der Waals surface area contributed by atoms with Crippen LogP contribution in [0.5, 0.6) is 0 Å². The topological polar surface area (TPSA) is 82.4 Å². The molecule has 0 bridgehead atoms. The molecule has 0 spiro atoms. The van der Waals surface area contributed by atoms with Crippen LogP contribution in [0.25, 0.3) is 0 Å². The Labute approximate surface area is 200 Å². The molecule has 8 heteroatoms. The maximum atomic E-state index is 12.0. The van der Waals surface area contributed by atoms with Crippen molar-refractivity contribution in [3.8, 4) is 0 Å². The van der Waals surface area contributed by atoms with E-state index in [0.717, 1.165) is 43.4 Å². The largest absolute Gasteiger partial charge is 0.458 e. The zero-order valence-corrected chi connectivity index (χ0v) is 20.2. The summed E-state index contributed by atoms with van der Waals surface area (Å²) in [6, 6.07) is 16.3. The van der Waals surface area contributed by atoms with Crippen LogP contribution < -0.4 is 4.90 Å². The molecule has 1 saturated heterocycles. The lowest BCUT2D eigenvalue weighted by Gasteiger charge is -2.32. The van der Waals surface area contributed by atoms with Gasteiger partial charge in [0.25, 0.3) is 0 Å². The van der Waals surface area contributed by atoms with Gasteiger partial charge in [-0.25, -0.2) is 9.78 Å². The number of anilines is 1. The van der Waals surface area contributed by atoms with E-state index in [2.05, 4.69) is 42.8 Å². The van der Waals surface area contributed by atoms with Crippen molar-refractivity contribution in [1.82, 2.24) is 19.7 Å². The van der Waals surface area contributed by atoms with Gasteiger partial charge in [0, 0.05) is 25.2 Å². The molecule has 0 aliphatic carbocycles.